The third-order valence-corrected chi connectivity index (χ3v) is 9.62. The zero-order valence-electron chi connectivity index (χ0n) is 13.2. The summed E-state index contributed by atoms with van der Waals surface area (Å²) >= 11 is 4.48. The summed E-state index contributed by atoms with van der Waals surface area (Å²) in [6, 6.07) is 5.62. The molecule has 0 atom stereocenters. The van der Waals surface area contributed by atoms with Crippen LogP contribution in [0.15, 0.2) is 30.5 Å². The van der Waals surface area contributed by atoms with Crippen LogP contribution in [-0.2, 0) is 8.10 Å². The summed E-state index contributed by atoms with van der Waals surface area (Å²) in [6.45, 7) is 1.73. The van der Waals surface area contributed by atoms with Gasteiger partial charge in [-0.2, -0.15) is 0 Å². The molecule has 1 amide bonds. The van der Waals surface area contributed by atoms with Crippen molar-refractivity contribution >= 4 is 56.1 Å². The molecule has 1 aromatic carbocycles. The van der Waals surface area contributed by atoms with E-state index in [1.807, 2.05) is 0 Å². The van der Waals surface area contributed by atoms with E-state index in [2.05, 4.69) is 10.3 Å². The number of anilines is 2. The van der Waals surface area contributed by atoms with Crippen LogP contribution in [0.4, 0.5) is 15.9 Å². The summed E-state index contributed by atoms with van der Waals surface area (Å²) < 4.78 is 38.6. The predicted molar refractivity (Wildman–Crippen MR) is 97.5 cm³/mol. The minimum absolute atomic E-state index is 0.00492. The van der Waals surface area contributed by atoms with E-state index < -0.39 is 40.0 Å². The SMILES string of the molecule is CCCS(=O)(=O)[As]c1ccc(Cl)c(C(=O)Nc2ccc(N)nc2)c1F. The number of nitrogen functional groups attached to an aromatic ring is 1. The van der Waals surface area contributed by atoms with Crippen LogP contribution in [-0.4, -0.2) is 39.7 Å². The van der Waals surface area contributed by atoms with Gasteiger partial charge < -0.3 is 0 Å². The number of benzene rings is 1. The number of rotatable bonds is 6. The first-order valence-electron chi connectivity index (χ1n) is 7.20. The van der Waals surface area contributed by atoms with E-state index in [9.17, 15) is 17.6 Å². The Kier molecular flexibility index (Phi) is 6.43. The average Bonchev–Trinajstić information content (AvgIpc) is 2.52. The van der Waals surface area contributed by atoms with Crippen molar-refractivity contribution in [2.45, 2.75) is 13.3 Å². The Balaban J connectivity index is 2.32. The molecular weight excluding hydrogens is 432 g/mol. The predicted octanol–water partition coefficient (Wildman–Crippen LogP) is 1.78. The quantitative estimate of drug-likeness (QED) is 0.659. The molecule has 133 valence electrons. The van der Waals surface area contributed by atoms with Crippen molar-refractivity contribution in [2.75, 3.05) is 16.8 Å². The van der Waals surface area contributed by atoms with Crippen LogP contribution in [0.5, 0.6) is 0 Å². The van der Waals surface area contributed by atoms with Crippen molar-refractivity contribution in [3.05, 3.63) is 46.9 Å². The number of hydrogen-bond acceptors (Lipinski definition) is 5. The number of nitrogens with two attached hydrogens (primary N) is 1. The summed E-state index contributed by atoms with van der Waals surface area (Å²) in [5, 5.41) is 2.36. The Morgan fingerprint density at radius 3 is 2.68 bits per heavy atom. The van der Waals surface area contributed by atoms with Crippen molar-refractivity contribution in [1.82, 2.24) is 4.98 Å². The van der Waals surface area contributed by atoms with Gasteiger partial charge in [0.25, 0.3) is 0 Å². The van der Waals surface area contributed by atoms with Gasteiger partial charge in [0, 0.05) is 0 Å². The van der Waals surface area contributed by atoms with Gasteiger partial charge in [0.15, 0.2) is 0 Å². The number of hydrogen-bond donors (Lipinski definition) is 2. The Hall–Kier alpha value is -1.63. The van der Waals surface area contributed by atoms with Crippen molar-refractivity contribution in [3.8, 4) is 0 Å². The van der Waals surface area contributed by atoms with Crippen molar-refractivity contribution in [2.24, 2.45) is 0 Å². The molecule has 0 unspecified atom stereocenters. The fourth-order valence-electron chi connectivity index (χ4n) is 1.95. The van der Waals surface area contributed by atoms with Crippen LogP contribution in [0.3, 0.4) is 0 Å². The normalized spacial score (nSPS) is 11.8. The minimum atomic E-state index is -3.37. The summed E-state index contributed by atoms with van der Waals surface area (Å²) in [6.07, 6.45) is 1.77. The first-order chi connectivity index (χ1) is 11.7. The van der Waals surface area contributed by atoms with Crippen LogP contribution < -0.4 is 15.4 Å². The molecule has 0 spiro atoms. The van der Waals surface area contributed by atoms with Crippen LogP contribution in [0, 0.1) is 5.82 Å². The number of carbonyl (C=O) groups excluding carboxylic acids is 1. The van der Waals surface area contributed by atoms with E-state index in [1.54, 1.807) is 6.92 Å². The zero-order valence-corrected chi connectivity index (χ0v) is 16.6. The third-order valence-electron chi connectivity index (χ3n) is 3.04. The van der Waals surface area contributed by atoms with Crippen LogP contribution in [0.25, 0.3) is 0 Å². The first kappa shape index (κ1) is 19.7. The molecule has 10 heteroatoms. The molecule has 1 radical (unpaired) electrons. The second-order valence-electron chi connectivity index (χ2n) is 5.06. The fourth-order valence-corrected chi connectivity index (χ4v) is 8.11. The second kappa shape index (κ2) is 8.16. The Labute approximate surface area is 155 Å². The van der Waals surface area contributed by atoms with Gasteiger partial charge in [-0.3, -0.25) is 0 Å². The van der Waals surface area contributed by atoms with E-state index in [-0.39, 0.29) is 20.9 Å². The monoisotopic (exact) mass is 446 g/mol. The molecule has 1 heterocycles. The fraction of sp³-hybridized carbons (Fsp3) is 0.200. The van der Waals surface area contributed by atoms with Gasteiger partial charge in [0.2, 0.25) is 0 Å². The summed E-state index contributed by atoms with van der Waals surface area (Å²) in [5.74, 6) is -1.44. The number of nitrogens with zero attached hydrogens (tertiary/aromatic N) is 1. The molecule has 0 aliphatic rings. The van der Waals surface area contributed by atoms with E-state index in [4.69, 9.17) is 17.3 Å². The van der Waals surface area contributed by atoms with Gasteiger partial charge in [0.1, 0.15) is 0 Å². The van der Waals surface area contributed by atoms with E-state index >= 15 is 0 Å². The maximum atomic E-state index is 14.7. The second-order valence-corrected chi connectivity index (χ2v) is 12.9. The topological polar surface area (TPSA) is 102 Å². The molecule has 0 saturated carbocycles. The average molecular weight is 447 g/mol. The molecule has 25 heavy (non-hydrogen) atoms. The number of nitrogens with one attached hydrogen (secondary N) is 1. The summed E-state index contributed by atoms with van der Waals surface area (Å²) in [5.41, 5.74) is 5.38. The van der Waals surface area contributed by atoms with Gasteiger partial charge >= 0.3 is 156 Å². The molecule has 0 bridgehead atoms. The van der Waals surface area contributed by atoms with E-state index in [1.165, 1.54) is 30.5 Å². The van der Waals surface area contributed by atoms with Crippen LogP contribution >= 0.6 is 11.6 Å². The molecule has 0 fully saturated rings. The third kappa shape index (κ3) is 5.17. The van der Waals surface area contributed by atoms with Gasteiger partial charge in [-0.1, -0.05) is 0 Å². The van der Waals surface area contributed by atoms with Crippen LogP contribution in [0.1, 0.15) is 23.7 Å². The van der Waals surface area contributed by atoms with Gasteiger partial charge in [-0.25, -0.2) is 0 Å². The van der Waals surface area contributed by atoms with Gasteiger partial charge in [-0.05, 0) is 0 Å². The zero-order chi connectivity index (χ0) is 18.6. The summed E-state index contributed by atoms with van der Waals surface area (Å²) in [7, 11) is -3.37. The number of halogens is 2. The molecule has 6 nitrogen and oxygen atoms in total. The summed E-state index contributed by atoms with van der Waals surface area (Å²) in [4.78, 5) is 16.2. The number of carbonyl (C=O) groups is 1. The Morgan fingerprint density at radius 2 is 2.08 bits per heavy atom. The van der Waals surface area contributed by atoms with Crippen LogP contribution in [0.2, 0.25) is 5.02 Å². The molecule has 1 aromatic heterocycles. The molecule has 3 N–H and O–H groups in total. The van der Waals surface area contributed by atoms with Gasteiger partial charge in [0.05, 0.1) is 0 Å². The molecule has 2 rings (SSSR count). The van der Waals surface area contributed by atoms with Crippen molar-refractivity contribution in [1.29, 1.82) is 0 Å². The number of amides is 1. The standard InChI is InChI=1S/C15H15AsClFN3O3S/c1-2-7-25(23,24)16-10-4-5-11(17)13(14(10)18)15(22)21-9-3-6-12(19)20-8-9/h3-6,8H,2,7H2,1H3,(H2,19,20)(H,21,22). The first-order valence-corrected chi connectivity index (χ1v) is 12.4. The number of pyridine rings is 1. The number of aromatic nitrogens is 1. The maximum absolute atomic E-state index is 14.7. The molecule has 0 aliphatic heterocycles. The van der Waals surface area contributed by atoms with Crippen molar-refractivity contribution in [3.63, 3.8) is 0 Å². The molecule has 0 aliphatic carbocycles. The van der Waals surface area contributed by atoms with Crippen molar-refractivity contribution < 1.29 is 17.6 Å². The van der Waals surface area contributed by atoms with E-state index in [0.29, 0.717) is 12.1 Å². The molecule has 0 saturated heterocycles. The van der Waals surface area contributed by atoms with Gasteiger partial charge in [-0.15, -0.1) is 0 Å². The Bertz CT molecular complexity index is 892. The molecule has 2 aromatic rings. The molecular formula is C15H15AsClFN3O3S. The van der Waals surface area contributed by atoms with E-state index in [0.717, 1.165) is 0 Å². The Morgan fingerprint density at radius 1 is 1.36 bits per heavy atom.